The monoisotopic (exact) mass is 338 g/mol. The normalized spacial score (nSPS) is 34.8. The van der Waals surface area contributed by atoms with Gasteiger partial charge in [-0.25, -0.2) is 9.59 Å². The zero-order valence-corrected chi connectivity index (χ0v) is 14.7. The summed E-state index contributed by atoms with van der Waals surface area (Å²) in [7, 11) is 1.34. The van der Waals surface area contributed by atoms with E-state index >= 15 is 0 Å². The fourth-order valence-corrected chi connectivity index (χ4v) is 4.11. The van der Waals surface area contributed by atoms with Gasteiger partial charge in [-0.05, 0) is 58.3 Å². The van der Waals surface area contributed by atoms with Crippen molar-refractivity contribution in [2.75, 3.05) is 7.11 Å². The Morgan fingerprint density at radius 2 is 1.92 bits per heavy atom. The number of amides is 2. The number of hydrogen-bond donors (Lipinski definition) is 1. The van der Waals surface area contributed by atoms with Gasteiger partial charge in [0.05, 0.1) is 7.11 Å². The maximum absolute atomic E-state index is 13.0. The van der Waals surface area contributed by atoms with Crippen LogP contribution in [0.2, 0.25) is 0 Å². The van der Waals surface area contributed by atoms with Crippen molar-refractivity contribution in [3.05, 3.63) is 0 Å². The number of rotatable bonds is 2. The zero-order chi connectivity index (χ0) is 17.6. The van der Waals surface area contributed by atoms with E-state index in [2.05, 4.69) is 5.32 Å². The number of nitrogens with one attached hydrogen (secondary N) is 1. The van der Waals surface area contributed by atoms with Crippen molar-refractivity contribution < 1.29 is 23.9 Å². The van der Waals surface area contributed by atoms with Crippen molar-refractivity contribution >= 4 is 18.0 Å². The fraction of sp³-hybridized carbons (Fsp3) is 0.824. The first-order chi connectivity index (χ1) is 11.2. The predicted octanol–water partition coefficient (Wildman–Crippen LogP) is 1.45. The summed E-state index contributed by atoms with van der Waals surface area (Å²) in [5, 5.41) is 2.71. The number of methoxy groups -OCH3 is 1. The molecule has 0 bridgehead atoms. The lowest BCUT2D eigenvalue weighted by molar-refractivity contribution is -0.152. The molecular weight excluding hydrogens is 312 g/mol. The van der Waals surface area contributed by atoms with Crippen LogP contribution in [0.4, 0.5) is 4.79 Å². The van der Waals surface area contributed by atoms with E-state index in [1.807, 2.05) is 0 Å². The molecular formula is C17H26N2O5. The second-order valence-corrected chi connectivity index (χ2v) is 8.02. The van der Waals surface area contributed by atoms with Crippen LogP contribution in [0.5, 0.6) is 0 Å². The van der Waals surface area contributed by atoms with Crippen molar-refractivity contribution in [1.29, 1.82) is 0 Å². The molecule has 1 N–H and O–H groups in total. The smallest absolute Gasteiger partial charge is 0.408 e. The van der Waals surface area contributed by atoms with Gasteiger partial charge < -0.3 is 19.7 Å². The molecule has 1 saturated carbocycles. The van der Waals surface area contributed by atoms with Gasteiger partial charge in [0.25, 0.3) is 0 Å². The van der Waals surface area contributed by atoms with E-state index < -0.39 is 23.8 Å². The van der Waals surface area contributed by atoms with Gasteiger partial charge >= 0.3 is 12.1 Å². The average Bonchev–Trinajstić information content (AvgIpc) is 3.11. The Kier molecular flexibility index (Phi) is 4.21. The van der Waals surface area contributed by atoms with E-state index in [0.29, 0.717) is 24.7 Å². The zero-order valence-electron chi connectivity index (χ0n) is 14.7. The number of carbonyl (C=O) groups excluding carboxylic acids is 3. The minimum absolute atomic E-state index is 0.0945. The van der Waals surface area contributed by atoms with Crippen molar-refractivity contribution in [3.63, 3.8) is 0 Å². The molecule has 7 heteroatoms. The number of esters is 1. The van der Waals surface area contributed by atoms with E-state index in [9.17, 15) is 14.4 Å². The Balaban J connectivity index is 1.76. The molecule has 2 amide bonds. The lowest BCUT2D eigenvalue weighted by Gasteiger charge is -2.31. The van der Waals surface area contributed by atoms with Gasteiger partial charge in [-0.15, -0.1) is 0 Å². The summed E-state index contributed by atoms with van der Waals surface area (Å²) in [4.78, 5) is 38.8. The summed E-state index contributed by atoms with van der Waals surface area (Å²) in [6.07, 6.45) is 2.53. The predicted molar refractivity (Wildman–Crippen MR) is 85.0 cm³/mol. The van der Waals surface area contributed by atoms with E-state index in [-0.39, 0.29) is 17.9 Å². The van der Waals surface area contributed by atoms with Gasteiger partial charge in [0, 0.05) is 6.04 Å². The van der Waals surface area contributed by atoms with Crippen LogP contribution >= 0.6 is 0 Å². The van der Waals surface area contributed by atoms with Crippen LogP contribution in [0.15, 0.2) is 0 Å². The van der Waals surface area contributed by atoms with Crippen LogP contribution in [-0.2, 0) is 19.1 Å². The Bertz CT molecular complexity index is 556. The molecule has 2 saturated heterocycles. The minimum atomic E-state index is -0.634. The molecule has 1 unspecified atom stereocenters. The highest BCUT2D eigenvalue weighted by molar-refractivity contribution is 5.91. The largest absolute Gasteiger partial charge is 0.467 e. The third-order valence-electron chi connectivity index (χ3n) is 5.16. The van der Waals surface area contributed by atoms with Crippen LogP contribution in [0.3, 0.4) is 0 Å². The quantitative estimate of drug-likeness (QED) is 0.770. The summed E-state index contributed by atoms with van der Waals surface area (Å²) >= 11 is 0. The first-order valence-corrected chi connectivity index (χ1v) is 8.61. The first kappa shape index (κ1) is 17.0. The number of hydrogen-bond acceptors (Lipinski definition) is 5. The number of fused-ring (bicyclic) bond motifs is 3. The maximum Gasteiger partial charge on any atom is 0.408 e. The average molecular weight is 338 g/mol. The van der Waals surface area contributed by atoms with Gasteiger partial charge in [0.1, 0.15) is 17.7 Å². The van der Waals surface area contributed by atoms with Crippen LogP contribution in [0, 0.1) is 11.8 Å². The summed E-state index contributed by atoms with van der Waals surface area (Å²) in [6.45, 7) is 5.34. The van der Waals surface area contributed by atoms with Gasteiger partial charge in [-0.2, -0.15) is 0 Å². The molecule has 5 atom stereocenters. The summed E-state index contributed by atoms with van der Waals surface area (Å²) < 4.78 is 10.1. The lowest BCUT2D eigenvalue weighted by atomic mass is 10.1. The molecule has 0 aromatic rings. The summed E-state index contributed by atoms with van der Waals surface area (Å²) in [5.41, 5.74) is -0.620. The number of ether oxygens (including phenoxy) is 2. The van der Waals surface area contributed by atoms with E-state index in [1.54, 1.807) is 25.7 Å². The number of nitrogens with zero attached hydrogens (tertiary/aromatic N) is 1. The van der Waals surface area contributed by atoms with E-state index in [0.717, 1.165) is 12.8 Å². The van der Waals surface area contributed by atoms with Crippen molar-refractivity contribution in [2.45, 2.75) is 70.2 Å². The topological polar surface area (TPSA) is 84.9 Å². The van der Waals surface area contributed by atoms with E-state index in [1.165, 1.54) is 7.11 Å². The molecule has 3 aliphatic rings. The Morgan fingerprint density at radius 3 is 2.54 bits per heavy atom. The Morgan fingerprint density at radius 1 is 1.21 bits per heavy atom. The van der Waals surface area contributed by atoms with Crippen LogP contribution in [0.25, 0.3) is 0 Å². The molecule has 3 fully saturated rings. The fourth-order valence-electron chi connectivity index (χ4n) is 4.11. The molecule has 0 radical (unpaired) electrons. The highest BCUT2D eigenvalue weighted by Gasteiger charge is 2.57. The van der Waals surface area contributed by atoms with Gasteiger partial charge in [0.15, 0.2) is 0 Å². The molecule has 0 aromatic heterocycles. The molecule has 7 nitrogen and oxygen atoms in total. The molecule has 3 rings (SSSR count). The molecule has 1 aliphatic carbocycles. The van der Waals surface area contributed by atoms with Gasteiger partial charge in [-0.1, -0.05) is 0 Å². The molecule has 24 heavy (non-hydrogen) atoms. The lowest BCUT2D eigenvalue weighted by Crippen LogP contribution is -2.54. The highest BCUT2D eigenvalue weighted by atomic mass is 16.6. The van der Waals surface area contributed by atoms with Gasteiger partial charge in [0.2, 0.25) is 5.91 Å². The molecule has 2 aliphatic heterocycles. The second kappa shape index (κ2) is 5.93. The minimum Gasteiger partial charge on any atom is -0.467 e. The highest BCUT2D eigenvalue weighted by Crippen LogP contribution is 2.52. The number of carbonyl (C=O) groups is 3. The van der Waals surface area contributed by atoms with Crippen molar-refractivity contribution in [2.24, 2.45) is 11.8 Å². The summed E-state index contributed by atoms with van der Waals surface area (Å²) in [6, 6.07) is -1.07. The van der Waals surface area contributed by atoms with Crippen LogP contribution in [-0.4, -0.2) is 53.7 Å². The molecule has 2 heterocycles. The molecule has 0 spiro atoms. The van der Waals surface area contributed by atoms with Crippen LogP contribution in [0.1, 0.15) is 46.5 Å². The molecule has 134 valence electrons. The third kappa shape index (κ3) is 3.21. The first-order valence-electron chi connectivity index (χ1n) is 8.61. The van der Waals surface area contributed by atoms with Crippen LogP contribution < -0.4 is 5.32 Å². The van der Waals surface area contributed by atoms with Gasteiger partial charge in [-0.3, -0.25) is 4.79 Å². The van der Waals surface area contributed by atoms with E-state index in [4.69, 9.17) is 9.47 Å². The standard InChI is InChI=1S/C17H26N2O5/c1-17(2,3)24-16(22)18-11-8-9-7-10(9)12-5-6-13(15(21)23-4)19(12)14(11)20/h9-13H,5-8H2,1-4H3,(H,18,22)/t9-,10?,11+,12-,13+/m1/s1. The second-order valence-electron chi connectivity index (χ2n) is 8.02. The maximum atomic E-state index is 13.0. The summed E-state index contributed by atoms with van der Waals surface area (Å²) in [5.74, 6) is 0.307. The Labute approximate surface area is 142 Å². The molecule has 0 aromatic carbocycles. The SMILES string of the molecule is COC(=O)[C@@H]1CC[C@@H]2C3C[C@@H]3C[C@H](NC(=O)OC(C)(C)C)C(=O)N21. The number of alkyl carbamates (subject to hydrolysis) is 1. The van der Waals surface area contributed by atoms with Crippen molar-refractivity contribution in [3.8, 4) is 0 Å². The Hall–Kier alpha value is -1.79. The third-order valence-corrected chi connectivity index (χ3v) is 5.16. The van der Waals surface area contributed by atoms with Crippen molar-refractivity contribution in [1.82, 2.24) is 10.2 Å².